The molecule has 0 bridgehead atoms. The molecule has 1 amide bonds. The van der Waals surface area contributed by atoms with Gasteiger partial charge in [0.1, 0.15) is 0 Å². The number of pyridine rings is 1. The lowest BCUT2D eigenvalue weighted by Crippen LogP contribution is -2.15. The lowest BCUT2D eigenvalue weighted by atomic mass is 10.0. The zero-order chi connectivity index (χ0) is 14.7. The van der Waals surface area contributed by atoms with Crippen molar-refractivity contribution in [2.45, 2.75) is 6.42 Å². The van der Waals surface area contributed by atoms with E-state index in [9.17, 15) is 4.79 Å². The molecular weight excluding hydrogens is 262 g/mol. The molecule has 4 nitrogen and oxygen atoms in total. The molecule has 0 aliphatic carbocycles. The number of hydrogen-bond donors (Lipinski definition) is 2. The number of benzene rings is 2. The highest BCUT2D eigenvalue weighted by atomic mass is 16.1. The third kappa shape index (κ3) is 3.00. The molecule has 0 saturated heterocycles. The number of nitrogen functional groups attached to an aromatic ring is 1. The molecule has 0 radical (unpaired) electrons. The van der Waals surface area contributed by atoms with E-state index in [1.54, 1.807) is 12.3 Å². The topological polar surface area (TPSA) is 68.0 Å². The molecule has 0 saturated carbocycles. The van der Waals surface area contributed by atoms with Crippen LogP contribution in [0.15, 0.2) is 60.9 Å². The van der Waals surface area contributed by atoms with Gasteiger partial charge in [0, 0.05) is 6.20 Å². The highest BCUT2D eigenvalue weighted by Gasteiger charge is 2.06. The SMILES string of the molecule is Nc1cnccc1NC(=O)Cc1ccc2ccccc2c1. The van der Waals surface area contributed by atoms with Gasteiger partial charge in [-0.2, -0.15) is 0 Å². The number of fused-ring (bicyclic) bond motifs is 1. The summed E-state index contributed by atoms with van der Waals surface area (Å²) in [6.45, 7) is 0. The largest absolute Gasteiger partial charge is 0.396 e. The smallest absolute Gasteiger partial charge is 0.228 e. The van der Waals surface area contributed by atoms with Crippen molar-refractivity contribution in [2.24, 2.45) is 0 Å². The van der Waals surface area contributed by atoms with Crippen LogP contribution in [0, 0.1) is 0 Å². The van der Waals surface area contributed by atoms with Crippen LogP contribution >= 0.6 is 0 Å². The van der Waals surface area contributed by atoms with Crippen molar-refractivity contribution in [1.82, 2.24) is 4.98 Å². The van der Waals surface area contributed by atoms with Gasteiger partial charge in [0.05, 0.1) is 24.0 Å². The van der Waals surface area contributed by atoms with Crippen molar-refractivity contribution in [3.8, 4) is 0 Å². The van der Waals surface area contributed by atoms with Crippen LogP contribution in [0.2, 0.25) is 0 Å². The molecule has 0 fully saturated rings. The van der Waals surface area contributed by atoms with Crippen LogP contribution in [0.4, 0.5) is 11.4 Å². The van der Waals surface area contributed by atoms with E-state index in [2.05, 4.69) is 16.4 Å². The fourth-order valence-corrected chi connectivity index (χ4v) is 2.25. The van der Waals surface area contributed by atoms with Crippen LogP contribution in [-0.4, -0.2) is 10.9 Å². The molecule has 1 aromatic heterocycles. The highest BCUT2D eigenvalue weighted by molar-refractivity contribution is 5.95. The molecule has 0 aliphatic rings. The standard InChI is InChI=1S/C17H15N3O/c18-15-11-19-8-7-16(15)20-17(21)10-12-5-6-13-3-1-2-4-14(13)9-12/h1-9,11H,10,18H2,(H,19,20,21). The molecule has 2 aromatic carbocycles. The normalized spacial score (nSPS) is 10.5. The summed E-state index contributed by atoms with van der Waals surface area (Å²) in [7, 11) is 0. The Morgan fingerprint density at radius 3 is 2.71 bits per heavy atom. The van der Waals surface area contributed by atoms with Crippen molar-refractivity contribution in [3.63, 3.8) is 0 Å². The molecular formula is C17H15N3O. The molecule has 4 heteroatoms. The Bertz CT molecular complexity index is 799. The molecule has 0 spiro atoms. The lowest BCUT2D eigenvalue weighted by molar-refractivity contribution is -0.115. The Morgan fingerprint density at radius 2 is 1.90 bits per heavy atom. The van der Waals surface area contributed by atoms with Gasteiger partial charge >= 0.3 is 0 Å². The average Bonchev–Trinajstić information content (AvgIpc) is 2.49. The summed E-state index contributed by atoms with van der Waals surface area (Å²) in [5.74, 6) is -0.0943. The summed E-state index contributed by atoms with van der Waals surface area (Å²) in [6, 6.07) is 15.8. The van der Waals surface area contributed by atoms with Gasteiger partial charge in [0.25, 0.3) is 0 Å². The van der Waals surface area contributed by atoms with Crippen LogP contribution in [0.3, 0.4) is 0 Å². The fraction of sp³-hybridized carbons (Fsp3) is 0.0588. The first-order chi connectivity index (χ1) is 10.2. The van der Waals surface area contributed by atoms with E-state index < -0.39 is 0 Å². The number of anilines is 2. The van der Waals surface area contributed by atoms with Crippen molar-refractivity contribution in [2.75, 3.05) is 11.1 Å². The molecule has 21 heavy (non-hydrogen) atoms. The second-order valence-corrected chi connectivity index (χ2v) is 4.87. The van der Waals surface area contributed by atoms with Gasteiger partial charge < -0.3 is 11.1 Å². The second-order valence-electron chi connectivity index (χ2n) is 4.87. The summed E-state index contributed by atoms with van der Waals surface area (Å²) in [5.41, 5.74) is 7.79. The molecule has 3 rings (SSSR count). The Hall–Kier alpha value is -2.88. The van der Waals surface area contributed by atoms with Gasteiger partial charge in [-0.3, -0.25) is 9.78 Å². The Kier molecular flexibility index (Phi) is 3.51. The van der Waals surface area contributed by atoms with E-state index in [1.165, 1.54) is 11.6 Å². The quantitative estimate of drug-likeness (QED) is 0.773. The Balaban J connectivity index is 1.75. The van der Waals surface area contributed by atoms with Crippen molar-refractivity contribution < 1.29 is 4.79 Å². The maximum Gasteiger partial charge on any atom is 0.228 e. The summed E-state index contributed by atoms with van der Waals surface area (Å²) >= 11 is 0. The van der Waals surface area contributed by atoms with Crippen LogP contribution in [0.1, 0.15) is 5.56 Å². The van der Waals surface area contributed by atoms with Gasteiger partial charge in [-0.25, -0.2) is 0 Å². The van der Waals surface area contributed by atoms with Crippen LogP contribution in [0.5, 0.6) is 0 Å². The number of rotatable bonds is 3. The summed E-state index contributed by atoms with van der Waals surface area (Å²) in [6.07, 6.45) is 3.43. The molecule has 1 heterocycles. The Morgan fingerprint density at radius 1 is 1.10 bits per heavy atom. The van der Waals surface area contributed by atoms with E-state index in [0.717, 1.165) is 10.9 Å². The molecule has 104 valence electrons. The number of hydrogen-bond acceptors (Lipinski definition) is 3. The second kappa shape index (κ2) is 5.63. The average molecular weight is 277 g/mol. The number of carbonyl (C=O) groups excluding carboxylic acids is 1. The van der Waals surface area contributed by atoms with Gasteiger partial charge in [-0.05, 0) is 22.4 Å². The van der Waals surface area contributed by atoms with Gasteiger partial charge in [-0.15, -0.1) is 0 Å². The van der Waals surface area contributed by atoms with Crippen molar-refractivity contribution in [3.05, 3.63) is 66.5 Å². The van der Waals surface area contributed by atoms with Crippen molar-refractivity contribution >= 4 is 28.1 Å². The first-order valence-electron chi connectivity index (χ1n) is 6.69. The van der Waals surface area contributed by atoms with Gasteiger partial charge in [0.2, 0.25) is 5.91 Å². The van der Waals surface area contributed by atoms with E-state index in [4.69, 9.17) is 5.73 Å². The molecule has 0 unspecified atom stereocenters. The van der Waals surface area contributed by atoms with Gasteiger partial charge in [0.15, 0.2) is 0 Å². The maximum atomic E-state index is 12.1. The van der Waals surface area contributed by atoms with E-state index in [-0.39, 0.29) is 5.91 Å². The predicted molar refractivity (Wildman–Crippen MR) is 84.9 cm³/mol. The minimum Gasteiger partial charge on any atom is -0.396 e. The zero-order valence-corrected chi connectivity index (χ0v) is 11.4. The molecule has 3 aromatic rings. The zero-order valence-electron chi connectivity index (χ0n) is 11.4. The minimum absolute atomic E-state index is 0.0943. The maximum absolute atomic E-state index is 12.1. The molecule has 3 N–H and O–H groups in total. The monoisotopic (exact) mass is 277 g/mol. The van der Waals surface area contributed by atoms with E-state index in [1.807, 2.05) is 36.4 Å². The Labute approximate surface area is 122 Å². The number of nitrogens with two attached hydrogens (primary N) is 1. The summed E-state index contributed by atoms with van der Waals surface area (Å²) in [4.78, 5) is 16.0. The highest BCUT2D eigenvalue weighted by Crippen LogP contribution is 2.18. The molecule has 0 atom stereocenters. The third-order valence-electron chi connectivity index (χ3n) is 3.30. The van der Waals surface area contributed by atoms with Crippen molar-refractivity contribution in [1.29, 1.82) is 0 Å². The number of nitrogens with zero attached hydrogens (tertiary/aromatic N) is 1. The number of nitrogens with one attached hydrogen (secondary N) is 1. The number of amides is 1. The van der Waals surface area contributed by atoms with Gasteiger partial charge in [-0.1, -0.05) is 42.5 Å². The number of carbonyl (C=O) groups is 1. The first-order valence-corrected chi connectivity index (χ1v) is 6.69. The third-order valence-corrected chi connectivity index (χ3v) is 3.30. The summed E-state index contributed by atoms with van der Waals surface area (Å²) in [5, 5.41) is 5.10. The first kappa shape index (κ1) is 13.1. The van der Waals surface area contributed by atoms with Crippen LogP contribution < -0.4 is 11.1 Å². The van der Waals surface area contributed by atoms with Crippen LogP contribution in [0.25, 0.3) is 10.8 Å². The van der Waals surface area contributed by atoms with E-state index in [0.29, 0.717) is 17.8 Å². The van der Waals surface area contributed by atoms with E-state index >= 15 is 0 Å². The lowest BCUT2D eigenvalue weighted by Gasteiger charge is -2.08. The fourth-order valence-electron chi connectivity index (χ4n) is 2.25. The minimum atomic E-state index is -0.0943. The molecule has 0 aliphatic heterocycles. The predicted octanol–water partition coefficient (Wildman–Crippen LogP) is 3.00. The number of aromatic nitrogens is 1. The van der Waals surface area contributed by atoms with Crippen LogP contribution in [-0.2, 0) is 11.2 Å². The summed E-state index contributed by atoms with van der Waals surface area (Å²) < 4.78 is 0.